The van der Waals surface area contributed by atoms with Gasteiger partial charge in [-0.1, -0.05) is 29.8 Å². The predicted molar refractivity (Wildman–Crippen MR) is 65.9 cm³/mol. The van der Waals surface area contributed by atoms with Gasteiger partial charge in [-0.2, -0.15) is 0 Å². The number of nitrogens with zero attached hydrogens (tertiary/aromatic N) is 1. The van der Waals surface area contributed by atoms with Crippen molar-refractivity contribution >= 4 is 5.57 Å². The minimum Gasteiger partial charge on any atom is -0.302 e. The summed E-state index contributed by atoms with van der Waals surface area (Å²) in [7, 11) is 4.31. The van der Waals surface area contributed by atoms with Gasteiger partial charge in [0.1, 0.15) is 0 Å². The Bertz CT molecular complexity index is 402. The molecule has 0 saturated heterocycles. The molecule has 0 aliphatic heterocycles. The van der Waals surface area contributed by atoms with Gasteiger partial charge >= 0.3 is 0 Å². The van der Waals surface area contributed by atoms with Gasteiger partial charge in [0.25, 0.3) is 0 Å². The molecule has 1 aliphatic carbocycles. The molecule has 1 aromatic rings. The molecule has 80 valence electrons. The Morgan fingerprint density at radius 1 is 1.20 bits per heavy atom. The zero-order valence-corrected chi connectivity index (χ0v) is 10.0. The summed E-state index contributed by atoms with van der Waals surface area (Å²) in [6.45, 7) is 4.37. The molecule has 15 heavy (non-hydrogen) atoms. The van der Waals surface area contributed by atoms with Crippen molar-refractivity contribution in [3.63, 3.8) is 0 Å². The molecule has 0 bridgehead atoms. The lowest BCUT2D eigenvalue weighted by molar-refractivity contribution is 0.299. The monoisotopic (exact) mass is 201 g/mol. The molecule has 1 heteroatoms. The maximum absolute atomic E-state index is 2.35. The van der Waals surface area contributed by atoms with Crippen LogP contribution in [0.2, 0.25) is 0 Å². The van der Waals surface area contributed by atoms with Crippen LogP contribution < -0.4 is 0 Å². The van der Waals surface area contributed by atoms with Gasteiger partial charge in [-0.25, -0.2) is 0 Å². The Morgan fingerprint density at radius 2 is 1.93 bits per heavy atom. The second kappa shape index (κ2) is 3.82. The summed E-state index contributed by atoms with van der Waals surface area (Å²) < 4.78 is 0. The Hall–Kier alpha value is -1.08. The summed E-state index contributed by atoms with van der Waals surface area (Å²) in [6.07, 6.45) is 3.49. The van der Waals surface area contributed by atoms with Crippen LogP contribution >= 0.6 is 0 Å². The zero-order chi connectivity index (χ0) is 11.0. The van der Waals surface area contributed by atoms with Gasteiger partial charge in [0.15, 0.2) is 0 Å². The molecule has 1 aromatic carbocycles. The number of allylic oxidation sites excluding steroid dienone is 1. The van der Waals surface area contributed by atoms with Crippen LogP contribution in [0.1, 0.15) is 36.1 Å². The average molecular weight is 201 g/mol. The van der Waals surface area contributed by atoms with E-state index in [1.807, 2.05) is 0 Å². The molecule has 1 aliphatic rings. The van der Waals surface area contributed by atoms with Crippen molar-refractivity contribution in [3.8, 4) is 0 Å². The summed E-state index contributed by atoms with van der Waals surface area (Å²) >= 11 is 0. The van der Waals surface area contributed by atoms with E-state index >= 15 is 0 Å². The van der Waals surface area contributed by atoms with Crippen molar-refractivity contribution in [3.05, 3.63) is 41.0 Å². The van der Waals surface area contributed by atoms with E-state index in [9.17, 15) is 0 Å². The first-order valence-electron chi connectivity index (χ1n) is 5.53. The lowest BCUT2D eigenvalue weighted by Crippen LogP contribution is -2.22. The first-order valence-corrected chi connectivity index (χ1v) is 5.53. The first-order chi connectivity index (χ1) is 7.09. The van der Waals surface area contributed by atoms with Crippen LogP contribution in [0.5, 0.6) is 0 Å². The number of benzene rings is 1. The van der Waals surface area contributed by atoms with Crippen molar-refractivity contribution in [2.75, 3.05) is 14.1 Å². The minimum atomic E-state index is 0.546. The van der Waals surface area contributed by atoms with Crippen LogP contribution in [0.3, 0.4) is 0 Å². The van der Waals surface area contributed by atoms with E-state index in [2.05, 4.69) is 57.1 Å². The predicted octanol–water partition coefficient (Wildman–Crippen LogP) is 3.40. The van der Waals surface area contributed by atoms with Crippen molar-refractivity contribution in [1.82, 2.24) is 4.90 Å². The van der Waals surface area contributed by atoms with E-state index in [4.69, 9.17) is 0 Å². The summed E-state index contributed by atoms with van der Waals surface area (Å²) in [6, 6.07) is 7.35. The van der Waals surface area contributed by atoms with Crippen LogP contribution in [0, 0.1) is 6.92 Å². The molecule has 2 rings (SSSR count). The maximum Gasteiger partial charge on any atom is 0.0382 e. The number of rotatable bonds is 1. The SMILES string of the molecule is CC1=CCC(N(C)C)c2ccc(C)cc21. The summed E-state index contributed by atoms with van der Waals surface area (Å²) in [5.41, 5.74) is 5.68. The van der Waals surface area contributed by atoms with Gasteiger partial charge in [-0.05, 0) is 51.1 Å². The Morgan fingerprint density at radius 3 is 2.60 bits per heavy atom. The van der Waals surface area contributed by atoms with E-state index in [0.717, 1.165) is 6.42 Å². The van der Waals surface area contributed by atoms with Gasteiger partial charge in [0.2, 0.25) is 0 Å². The average Bonchev–Trinajstić information content (AvgIpc) is 2.19. The highest BCUT2D eigenvalue weighted by Gasteiger charge is 2.20. The summed E-state index contributed by atoms with van der Waals surface area (Å²) in [5, 5.41) is 0. The molecular weight excluding hydrogens is 182 g/mol. The molecule has 0 aromatic heterocycles. The number of aryl methyl sites for hydroxylation is 1. The normalized spacial score (nSPS) is 20.1. The van der Waals surface area contributed by atoms with E-state index < -0.39 is 0 Å². The molecule has 1 nitrogen and oxygen atoms in total. The highest BCUT2D eigenvalue weighted by atomic mass is 15.1. The Balaban J connectivity index is 2.52. The molecule has 1 unspecified atom stereocenters. The Labute approximate surface area is 92.4 Å². The fourth-order valence-electron chi connectivity index (χ4n) is 2.32. The lowest BCUT2D eigenvalue weighted by Gasteiger charge is -2.30. The third kappa shape index (κ3) is 1.84. The van der Waals surface area contributed by atoms with Crippen LogP contribution in [0.4, 0.5) is 0 Å². The maximum atomic E-state index is 2.35. The summed E-state index contributed by atoms with van der Waals surface area (Å²) in [4.78, 5) is 2.30. The van der Waals surface area contributed by atoms with Crippen molar-refractivity contribution < 1.29 is 0 Å². The number of hydrogen-bond acceptors (Lipinski definition) is 1. The molecular formula is C14H19N. The summed E-state index contributed by atoms with van der Waals surface area (Å²) in [5.74, 6) is 0. The third-order valence-electron chi connectivity index (χ3n) is 3.26. The standard InChI is InChI=1S/C14H19N/c1-10-5-7-12-13(9-10)11(2)6-8-14(12)15(3)4/h5-7,9,14H,8H2,1-4H3. The first kappa shape index (κ1) is 10.4. The fourth-order valence-corrected chi connectivity index (χ4v) is 2.32. The minimum absolute atomic E-state index is 0.546. The van der Waals surface area contributed by atoms with Crippen LogP contribution in [-0.4, -0.2) is 19.0 Å². The van der Waals surface area contributed by atoms with E-state index in [-0.39, 0.29) is 0 Å². The molecule has 0 saturated carbocycles. The number of fused-ring (bicyclic) bond motifs is 1. The van der Waals surface area contributed by atoms with Gasteiger partial charge in [0, 0.05) is 6.04 Å². The van der Waals surface area contributed by atoms with E-state index in [1.54, 1.807) is 0 Å². The van der Waals surface area contributed by atoms with Crippen molar-refractivity contribution in [2.24, 2.45) is 0 Å². The van der Waals surface area contributed by atoms with Gasteiger partial charge in [-0.3, -0.25) is 0 Å². The quantitative estimate of drug-likeness (QED) is 0.673. The Kier molecular flexibility index (Phi) is 2.66. The third-order valence-corrected chi connectivity index (χ3v) is 3.26. The molecule has 0 radical (unpaired) electrons. The molecule has 1 atom stereocenters. The van der Waals surface area contributed by atoms with Crippen LogP contribution in [0.15, 0.2) is 24.3 Å². The second-order valence-corrected chi connectivity index (χ2v) is 4.69. The smallest absolute Gasteiger partial charge is 0.0382 e. The topological polar surface area (TPSA) is 3.24 Å². The van der Waals surface area contributed by atoms with Gasteiger partial charge in [-0.15, -0.1) is 0 Å². The highest BCUT2D eigenvalue weighted by molar-refractivity contribution is 5.69. The van der Waals surface area contributed by atoms with Crippen LogP contribution in [0.25, 0.3) is 5.57 Å². The van der Waals surface area contributed by atoms with Crippen molar-refractivity contribution in [1.29, 1.82) is 0 Å². The highest BCUT2D eigenvalue weighted by Crippen LogP contribution is 2.35. The van der Waals surface area contributed by atoms with Gasteiger partial charge in [0.05, 0.1) is 0 Å². The fraction of sp³-hybridized carbons (Fsp3) is 0.429. The van der Waals surface area contributed by atoms with E-state index in [0.29, 0.717) is 6.04 Å². The lowest BCUT2D eigenvalue weighted by atomic mass is 9.86. The van der Waals surface area contributed by atoms with Crippen LogP contribution in [-0.2, 0) is 0 Å². The van der Waals surface area contributed by atoms with Gasteiger partial charge < -0.3 is 4.90 Å². The molecule has 0 heterocycles. The molecule has 0 amide bonds. The molecule has 0 fully saturated rings. The van der Waals surface area contributed by atoms with Crippen molar-refractivity contribution in [2.45, 2.75) is 26.3 Å². The van der Waals surface area contributed by atoms with E-state index in [1.165, 1.54) is 22.3 Å². The second-order valence-electron chi connectivity index (χ2n) is 4.69. The molecule has 0 N–H and O–H groups in total. The zero-order valence-electron chi connectivity index (χ0n) is 10.0. The number of hydrogen-bond donors (Lipinski definition) is 0. The largest absolute Gasteiger partial charge is 0.302 e. The molecule has 0 spiro atoms.